The summed E-state index contributed by atoms with van der Waals surface area (Å²) in [7, 11) is -1.18. The Labute approximate surface area is 88.5 Å². The van der Waals surface area contributed by atoms with E-state index in [0.717, 1.165) is 13.1 Å². The second kappa shape index (κ2) is 5.32. The highest BCUT2D eigenvalue weighted by atomic mass is 35.7. The van der Waals surface area contributed by atoms with Crippen LogP contribution in [0.3, 0.4) is 0 Å². The molecule has 0 fully saturated rings. The molecule has 1 unspecified atom stereocenters. The zero-order valence-electron chi connectivity index (χ0n) is 6.32. The molecule has 6 heteroatoms. The fourth-order valence-corrected chi connectivity index (χ4v) is 3.05. The second-order valence-electron chi connectivity index (χ2n) is 1.87. The quantitative estimate of drug-likeness (QED) is 0.540. The molecule has 0 aromatic heterocycles. The van der Waals surface area contributed by atoms with Crippen molar-refractivity contribution in [2.45, 2.75) is 17.4 Å². The summed E-state index contributed by atoms with van der Waals surface area (Å²) >= 11 is 22.8. The third-order valence-corrected chi connectivity index (χ3v) is 6.29. The SMILES string of the molecule is CCN(CC)P(Cl)C(Cl)(Cl)Cl. The predicted octanol–water partition coefficient (Wildman–Crippen LogP) is 4.21. The second-order valence-corrected chi connectivity index (χ2v) is 7.66. The highest BCUT2D eigenvalue weighted by Gasteiger charge is 2.34. The van der Waals surface area contributed by atoms with Crippen molar-refractivity contribution in [2.24, 2.45) is 0 Å². The maximum Gasteiger partial charge on any atom is 0.236 e. The lowest BCUT2D eigenvalue weighted by atomic mass is 10.7. The Morgan fingerprint density at radius 2 is 1.55 bits per heavy atom. The molecule has 68 valence electrons. The van der Waals surface area contributed by atoms with Gasteiger partial charge >= 0.3 is 0 Å². The van der Waals surface area contributed by atoms with Gasteiger partial charge in [-0.05, 0) is 0 Å². The van der Waals surface area contributed by atoms with Gasteiger partial charge in [0.15, 0.2) is 0 Å². The van der Waals surface area contributed by atoms with Crippen molar-refractivity contribution in [3.05, 3.63) is 0 Å². The molecule has 0 radical (unpaired) electrons. The molecule has 0 aromatic carbocycles. The van der Waals surface area contributed by atoms with E-state index in [1.165, 1.54) is 0 Å². The van der Waals surface area contributed by atoms with Crippen LogP contribution in [0.5, 0.6) is 0 Å². The number of hydrogen-bond acceptors (Lipinski definition) is 1. The molecule has 1 atom stereocenters. The van der Waals surface area contributed by atoms with Crippen LogP contribution in [-0.2, 0) is 0 Å². The number of rotatable bonds is 3. The fourth-order valence-electron chi connectivity index (χ4n) is 0.632. The van der Waals surface area contributed by atoms with Crippen LogP contribution < -0.4 is 0 Å². The lowest BCUT2D eigenvalue weighted by Gasteiger charge is -2.28. The van der Waals surface area contributed by atoms with Gasteiger partial charge in [-0.25, -0.2) is 0 Å². The minimum absolute atomic E-state index is 0.805. The Balaban J connectivity index is 4.09. The minimum atomic E-state index is -1.34. The van der Waals surface area contributed by atoms with Gasteiger partial charge in [0.2, 0.25) is 3.53 Å². The van der Waals surface area contributed by atoms with Gasteiger partial charge in [0, 0.05) is 13.1 Å². The average molecular weight is 257 g/mol. The van der Waals surface area contributed by atoms with Crippen LogP contribution in [0.4, 0.5) is 0 Å². The Morgan fingerprint density at radius 1 is 1.18 bits per heavy atom. The maximum absolute atomic E-state index is 5.92. The molecule has 1 nitrogen and oxygen atoms in total. The number of hydrogen-bond donors (Lipinski definition) is 0. The molecule has 0 N–H and O–H groups in total. The summed E-state index contributed by atoms with van der Waals surface area (Å²) in [6, 6.07) is 0. The van der Waals surface area contributed by atoms with E-state index in [9.17, 15) is 0 Å². The first-order valence-corrected chi connectivity index (χ1v) is 6.54. The van der Waals surface area contributed by atoms with Crippen LogP contribution in [0.15, 0.2) is 0 Å². The lowest BCUT2D eigenvalue weighted by Crippen LogP contribution is -2.20. The van der Waals surface area contributed by atoms with Crippen molar-refractivity contribution in [1.82, 2.24) is 4.67 Å². The van der Waals surface area contributed by atoms with Gasteiger partial charge in [-0.2, -0.15) is 0 Å². The van der Waals surface area contributed by atoms with E-state index < -0.39 is 11.0 Å². The first kappa shape index (κ1) is 12.6. The number of alkyl halides is 3. The van der Waals surface area contributed by atoms with Crippen LogP contribution in [0.1, 0.15) is 13.8 Å². The number of nitrogens with zero attached hydrogens (tertiary/aromatic N) is 1. The normalized spacial score (nSPS) is 15.5. The van der Waals surface area contributed by atoms with Gasteiger partial charge in [0.1, 0.15) is 7.43 Å². The molecule has 0 saturated carbocycles. The molecule has 0 aliphatic rings. The number of halogens is 4. The molecule has 0 amide bonds. The van der Waals surface area contributed by atoms with Crippen LogP contribution in [0.2, 0.25) is 0 Å². The van der Waals surface area contributed by atoms with E-state index in [0.29, 0.717) is 0 Å². The first-order chi connectivity index (χ1) is 4.93. The Hall–Kier alpha value is 1.55. The molecule has 0 bridgehead atoms. The van der Waals surface area contributed by atoms with Gasteiger partial charge in [0.05, 0.1) is 0 Å². The fraction of sp³-hybridized carbons (Fsp3) is 1.00. The monoisotopic (exact) mass is 255 g/mol. The van der Waals surface area contributed by atoms with E-state index in [4.69, 9.17) is 46.0 Å². The Morgan fingerprint density at radius 3 is 1.64 bits per heavy atom. The van der Waals surface area contributed by atoms with E-state index in [1.54, 1.807) is 0 Å². The highest BCUT2D eigenvalue weighted by Crippen LogP contribution is 2.63. The summed E-state index contributed by atoms with van der Waals surface area (Å²) in [5.74, 6) is 0. The van der Waals surface area contributed by atoms with Gasteiger partial charge in [0.25, 0.3) is 0 Å². The molecular weight excluding hydrogens is 247 g/mol. The van der Waals surface area contributed by atoms with Gasteiger partial charge in [-0.15, -0.1) is 0 Å². The summed E-state index contributed by atoms with van der Waals surface area (Å²) in [4.78, 5) is 0. The van der Waals surface area contributed by atoms with Crippen molar-refractivity contribution in [2.75, 3.05) is 13.1 Å². The maximum atomic E-state index is 5.92. The van der Waals surface area contributed by atoms with Gasteiger partial charge < -0.3 is 0 Å². The van der Waals surface area contributed by atoms with E-state index in [-0.39, 0.29) is 0 Å². The zero-order chi connectivity index (χ0) is 9.07. The standard InChI is InChI=1S/C5H10Cl4NP/c1-3-10(4-2)11(9)5(6,7)8/h3-4H2,1-2H3. The summed E-state index contributed by atoms with van der Waals surface area (Å²) in [5, 5.41) is 0. The van der Waals surface area contributed by atoms with Crippen molar-refractivity contribution >= 4 is 53.5 Å². The van der Waals surface area contributed by atoms with Crippen LogP contribution in [0, 0.1) is 0 Å². The molecule has 0 saturated heterocycles. The van der Waals surface area contributed by atoms with Gasteiger partial charge in [-0.3, -0.25) is 4.67 Å². The molecule has 0 aromatic rings. The average Bonchev–Trinajstić information content (AvgIpc) is 1.88. The predicted molar refractivity (Wildman–Crippen MR) is 56.0 cm³/mol. The molecule has 0 aliphatic heterocycles. The summed E-state index contributed by atoms with van der Waals surface area (Å²) in [6.45, 7) is 5.58. The zero-order valence-corrected chi connectivity index (χ0v) is 10.2. The van der Waals surface area contributed by atoms with E-state index >= 15 is 0 Å². The van der Waals surface area contributed by atoms with Crippen LogP contribution in [0.25, 0.3) is 0 Å². The van der Waals surface area contributed by atoms with Crippen molar-refractivity contribution in [3.63, 3.8) is 0 Å². The molecular formula is C5H10Cl4NP. The molecule has 0 heterocycles. The largest absolute Gasteiger partial charge is 0.267 e. The van der Waals surface area contributed by atoms with E-state index in [2.05, 4.69) is 0 Å². The highest BCUT2D eigenvalue weighted by molar-refractivity contribution is 7.87. The summed E-state index contributed by atoms with van der Waals surface area (Å²) in [5.41, 5.74) is 0. The van der Waals surface area contributed by atoms with Crippen LogP contribution in [-0.4, -0.2) is 21.3 Å². The topological polar surface area (TPSA) is 3.24 Å². The Bertz CT molecular complexity index is 112. The summed E-state index contributed by atoms with van der Waals surface area (Å²) in [6.07, 6.45) is 0. The smallest absolute Gasteiger partial charge is 0.236 e. The minimum Gasteiger partial charge on any atom is -0.267 e. The Kier molecular flexibility index (Phi) is 6.07. The molecule has 0 aliphatic carbocycles. The summed E-state index contributed by atoms with van der Waals surface area (Å²) < 4.78 is 0.590. The molecule has 0 spiro atoms. The van der Waals surface area contributed by atoms with Gasteiger partial charge in [-0.1, -0.05) is 59.9 Å². The molecule has 11 heavy (non-hydrogen) atoms. The third kappa shape index (κ3) is 4.36. The third-order valence-electron chi connectivity index (χ3n) is 1.19. The lowest BCUT2D eigenvalue weighted by molar-refractivity contribution is 0.512. The van der Waals surface area contributed by atoms with Crippen molar-refractivity contribution < 1.29 is 0 Å². The van der Waals surface area contributed by atoms with E-state index in [1.807, 2.05) is 18.5 Å². The van der Waals surface area contributed by atoms with Crippen molar-refractivity contribution in [3.8, 4) is 0 Å². The van der Waals surface area contributed by atoms with Crippen molar-refractivity contribution in [1.29, 1.82) is 0 Å². The first-order valence-electron chi connectivity index (χ1n) is 3.21. The van der Waals surface area contributed by atoms with Crippen LogP contribution >= 0.6 is 53.5 Å². The molecule has 0 rings (SSSR count).